The molecule has 0 saturated carbocycles. The van der Waals surface area contributed by atoms with Crippen LogP contribution in [0.4, 0.5) is 10.2 Å². The zero-order chi connectivity index (χ0) is 17.8. The number of halogens is 1. The third-order valence-corrected chi connectivity index (χ3v) is 3.75. The third kappa shape index (κ3) is 3.50. The molecule has 126 valence electrons. The molecule has 0 aliphatic rings. The molecule has 1 aromatic heterocycles. The van der Waals surface area contributed by atoms with Crippen molar-refractivity contribution in [3.8, 4) is 22.4 Å². The Labute approximate surface area is 145 Å². The summed E-state index contributed by atoms with van der Waals surface area (Å²) < 4.78 is 18.4. The van der Waals surface area contributed by atoms with Gasteiger partial charge in [0.2, 0.25) is 0 Å². The normalized spacial score (nSPS) is 10.5. The lowest BCUT2D eigenvalue weighted by molar-refractivity contribution is 0.0528. The van der Waals surface area contributed by atoms with Crippen molar-refractivity contribution in [2.45, 2.75) is 6.92 Å². The molecule has 0 amide bonds. The second kappa shape index (κ2) is 7.13. The van der Waals surface area contributed by atoms with Crippen LogP contribution in [0.3, 0.4) is 0 Å². The van der Waals surface area contributed by atoms with Crippen LogP contribution in [0.15, 0.2) is 60.7 Å². The zero-order valence-electron chi connectivity index (χ0n) is 13.7. The molecule has 0 aliphatic carbocycles. The first-order valence-corrected chi connectivity index (χ1v) is 7.89. The zero-order valence-corrected chi connectivity index (χ0v) is 13.7. The minimum atomic E-state index is -0.550. The van der Waals surface area contributed by atoms with E-state index in [4.69, 9.17) is 10.5 Å². The number of nitrogen functional groups attached to an aromatic ring is 1. The number of hydrogen-bond acceptors (Lipinski definition) is 4. The topological polar surface area (TPSA) is 65.2 Å². The van der Waals surface area contributed by atoms with E-state index in [-0.39, 0.29) is 23.8 Å². The quantitative estimate of drug-likeness (QED) is 0.721. The highest BCUT2D eigenvalue weighted by Crippen LogP contribution is 2.32. The van der Waals surface area contributed by atoms with Crippen molar-refractivity contribution in [1.29, 1.82) is 0 Å². The van der Waals surface area contributed by atoms with Crippen LogP contribution in [0.5, 0.6) is 0 Å². The van der Waals surface area contributed by atoms with Crippen molar-refractivity contribution < 1.29 is 13.9 Å². The van der Waals surface area contributed by atoms with Crippen LogP contribution < -0.4 is 5.73 Å². The van der Waals surface area contributed by atoms with Gasteiger partial charge in [-0.3, -0.25) is 0 Å². The second-order valence-electron chi connectivity index (χ2n) is 5.41. The Kier molecular flexibility index (Phi) is 4.75. The van der Waals surface area contributed by atoms with Gasteiger partial charge in [0.25, 0.3) is 0 Å². The van der Waals surface area contributed by atoms with E-state index < -0.39 is 5.97 Å². The minimum absolute atomic E-state index is 0.0825. The van der Waals surface area contributed by atoms with E-state index in [0.717, 1.165) is 5.56 Å². The van der Waals surface area contributed by atoms with E-state index in [1.807, 2.05) is 30.3 Å². The fourth-order valence-corrected chi connectivity index (χ4v) is 2.60. The fraction of sp³-hybridized carbons (Fsp3) is 0.100. The summed E-state index contributed by atoms with van der Waals surface area (Å²) in [7, 11) is 0. The van der Waals surface area contributed by atoms with E-state index in [2.05, 4.69) is 4.98 Å². The smallest absolute Gasteiger partial charge is 0.342 e. The standard InChI is InChI=1S/C20H17FN2O2/c1-2-25-20(24)18-16(13-8-10-15(21)11-9-13)12-17(23-19(18)22)14-6-4-3-5-7-14/h3-12H,2H2,1H3,(H2,22,23). The number of rotatable bonds is 4. The maximum Gasteiger partial charge on any atom is 0.342 e. The maximum absolute atomic E-state index is 13.3. The lowest BCUT2D eigenvalue weighted by Gasteiger charge is -2.14. The van der Waals surface area contributed by atoms with Gasteiger partial charge < -0.3 is 10.5 Å². The number of pyridine rings is 1. The van der Waals surface area contributed by atoms with Crippen molar-refractivity contribution in [2.24, 2.45) is 0 Å². The molecule has 0 fully saturated rings. The van der Waals surface area contributed by atoms with Crippen LogP contribution in [0.1, 0.15) is 17.3 Å². The number of carbonyl (C=O) groups excluding carboxylic acids is 1. The number of benzene rings is 2. The summed E-state index contributed by atoms with van der Waals surface area (Å²) in [4.78, 5) is 16.7. The van der Waals surface area contributed by atoms with E-state index in [0.29, 0.717) is 16.8 Å². The predicted octanol–water partition coefficient (Wildman–Crippen LogP) is 4.31. The van der Waals surface area contributed by atoms with Crippen LogP contribution in [-0.4, -0.2) is 17.6 Å². The average molecular weight is 336 g/mol. The number of aromatic nitrogens is 1. The van der Waals surface area contributed by atoms with Crippen molar-refractivity contribution in [3.05, 3.63) is 72.0 Å². The summed E-state index contributed by atoms with van der Waals surface area (Å²) in [6.45, 7) is 1.94. The van der Waals surface area contributed by atoms with E-state index in [1.54, 1.807) is 25.1 Å². The molecule has 0 unspecified atom stereocenters. The van der Waals surface area contributed by atoms with E-state index in [1.165, 1.54) is 12.1 Å². The lowest BCUT2D eigenvalue weighted by atomic mass is 9.98. The van der Waals surface area contributed by atoms with Gasteiger partial charge in [0.15, 0.2) is 0 Å². The molecule has 0 bridgehead atoms. The van der Waals surface area contributed by atoms with Gasteiger partial charge in [-0.25, -0.2) is 14.2 Å². The number of nitrogens with zero attached hydrogens (tertiary/aromatic N) is 1. The Morgan fingerprint density at radius 2 is 1.76 bits per heavy atom. The summed E-state index contributed by atoms with van der Waals surface area (Å²) in [5, 5.41) is 0. The number of hydrogen-bond donors (Lipinski definition) is 1. The summed E-state index contributed by atoms with van der Waals surface area (Å²) in [6, 6.07) is 17.1. The number of nitrogens with two attached hydrogens (primary N) is 1. The van der Waals surface area contributed by atoms with Crippen LogP contribution in [0.25, 0.3) is 22.4 Å². The molecule has 1 heterocycles. The molecule has 5 heteroatoms. The molecule has 4 nitrogen and oxygen atoms in total. The Balaban J connectivity index is 2.21. The molecule has 2 N–H and O–H groups in total. The molecule has 0 aliphatic heterocycles. The molecule has 25 heavy (non-hydrogen) atoms. The van der Waals surface area contributed by atoms with Gasteiger partial charge in [-0.05, 0) is 30.7 Å². The fourth-order valence-electron chi connectivity index (χ4n) is 2.60. The molecule has 0 saturated heterocycles. The number of anilines is 1. The number of esters is 1. The van der Waals surface area contributed by atoms with Gasteiger partial charge in [-0.1, -0.05) is 42.5 Å². The summed E-state index contributed by atoms with van der Waals surface area (Å²) in [5.41, 5.74) is 8.98. The van der Waals surface area contributed by atoms with Crippen molar-refractivity contribution in [2.75, 3.05) is 12.3 Å². The number of ether oxygens (including phenoxy) is 1. The van der Waals surface area contributed by atoms with Crippen molar-refractivity contribution >= 4 is 11.8 Å². The number of carbonyl (C=O) groups is 1. The van der Waals surface area contributed by atoms with Crippen LogP contribution in [0.2, 0.25) is 0 Å². The highest BCUT2D eigenvalue weighted by Gasteiger charge is 2.20. The molecule has 3 aromatic rings. The Morgan fingerprint density at radius 3 is 2.40 bits per heavy atom. The largest absolute Gasteiger partial charge is 0.462 e. The van der Waals surface area contributed by atoms with Gasteiger partial charge >= 0.3 is 5.97 Å². The molecule has 0 radical (unpaired) electrons. The highest BCUT2D eigenvalue weighted by molar-refractivity contribution is 6.02. The van der Waals surface area contributed by atoms with Crippen molar-refractivity contribution in [3.63, 3.8) is 0 Å². The van der Waals surface area contributed by atoms with Gasteiger partial charge in [-0.15, -0.1) is 0 Å². The SMILES string of the molecule is CCOC(=O)c1c(-c2ccc(F)cc2)cc(-c2ccccc2)nc1N. The lowest BCUT2D eigenvalue weighted by Crippen LogP contribution is -2.12. The minimum Gasteiger partial charge on any atom is -0.462 e. The third-order valence-electron chi connectivity index (χ3n) is 3.75. The molecular weight excluding hydrogens is 319 g/mol. The first-order valence-electron chi connectivity index (χ1n) is 7.89. The Hall–Kier alpha value is -3.21. The Bertz CT molecular complexity index is 894. The van der Waals surface area contributed by atoms with Gasteiger partial charge in [0.1, 0.15) is 17.2 Å². The average Bonchev–Trinajstić information content (AvgIpc) is 2.62. The molecule has 0 spiro atoms. The van der Waals surface area contributed by atoms with Gasteiger partial charge in [0, 0.05) is 11.1 Å². The summed E-state index contributed by atoms with van der Waals surface area (Å²) >= 11 is 0. The second-order valence-corrected chi connectivity index (χ2v) is 5.41. The summed E-state index contributed by atoms with van der Waals surface area (Å²) in [5.74, 6) is -0.822. The van der Waals surface area contributed by atoms with E-state index in [9.17, 15) is 9.18 Å². The molecule has 3 rings (SSSR count). The van der Waals surface area contributed by atoms with Crippen LogP contribution in [0, 0.1) is 5.82 Å². The first-order chi connectivity index (χ1) is 12.1. The molecule has 2 aromatic carbocycles. The van der Waals surface area contributed by atoms with Crippen LogP contribution >= 0.6 is 0 Å². The predicted molar refractivity (Wildman–Crippen MR) is 95.4 cm³/mol. The van der Waals surface area contributed by atoms with E-state index >= 15 is 0 Å². The monoisotopic (exact) mass is 336 g/mol. The maximum atomic E-state index is 13.3. The summed E-state index contributed by atoms with van der Waals surface area (Å²) in [6.07, 6.45) is 0. The Morgan fingerprint density at radius 1 is 1.08 bits per heavy atom. The van der Waals surface area contributed by atoms with Crippen LogP contribution in [-0.2, 0) is 4.74 Å². The highest BCUT2D eigenvalue weighted by atomic mass is 19.1. The molecule has 0 atom stereocenters. The molecular formula is C20H17FN2O2. The van der Waals surface area contributed by atoms with Gasteiger partial charge in [0.05, 0.1) is 12.3 Å². The van der Waals surface area contributed by atoms with Gasteiger partial charge in [-0.2, -0.15) is 0 Å². The van der Waals surface area contributed by atoms with Crippen molar-refractivity contribution in [1.82, 2.24) is 4.98 Å². The first kappa shape index (κ1) is 16.6.